The van der Waals surface area contributed by atoms with Crippen LogP contribution in [0.25, 0.3) is 0 Å². The van der Waals surface area contributed by atoms with Crippen molar-refractivity contribution in [3.05, 3.63) is 29.7 Å². The minimum absolute atomic E-state index is 0.0583. The number of carbonyl (C=O) groups excluding carboxylic acids is 1. The Kier molecular flexibility index (Phi) is 3.87. The minimum Gasteiger partial charge on any atom is -0.423 e. The van der Waals surface area contributed by atoms with E-state index in [4.69, 9.17) is 4.42 Å². The molecule has 23 heavy (non-hydrogen) atoms. The number of nitrogens with zero attached hydrogens (tertiary/aromatic N) is 5. The Morgan fingerprint density at radius 1 is 1.43 bits per heavy atom. The Morgan fingerprint density at radius 2 is 2.22 bits per heavy atom. The highest BCUT2D eigenvalue weighted by molar-refractivity contribution is 5.77. The average Bonchev–Trinajstić information content (AvgIpc) is 3.15. The van der Waals surface area contributed by atoms with Crippen molar-refractivity contribution in [3.8, 4) is 0 Å². The van der Waals surface area contributed by atoms with Crippen molar-refractivity contribution < 1.29 is 18.0 Å². The van der Waals surface area contributed by atoms with E-state index in [9.17, 15) is 13.6 Å². The summed E-state index contributed by atoms with van der Waals surface area (Å²) >= 11 is 0. The second kappa shape index (κ2) is 5.71. The molecule has 124 valence electrons. The number of aryl methyl sites for hydroxylation is 3. The molecule has 0 unspecified atom stereocenters. The van der Waals surface area contributed by atoms with Crippen LogP contribution >= 0.6 is 0 Å². The summed E-state index contributed by atoms with van der Waals surface area (Å²) in [5, 5.41) is 11.5. The predicted octanol–water partition coefficient (Wildman–Crippen LogP) is 1.88. The first kappa shape index (κ1) is 15.6. The van der Waals surface area contributed by atoms with Crippen LogP contribution in [0.15, 0.2) is 16.8 Å². The first-order valence-electron chi connectivity index (χ1n) is 7.30. The highest BCUT2D eigenvalue weighted by atomic mass is 19.3. The number of halogens is 2. The Balaban J connectivity index is 1.71. The highest BCUT2D eigenvalue weighted by Crippen LogP contribution is 2.40. The van der Waals surface area contributed by atoms with Gasteiger partial charge in [0, 0.05) is 32.5 Å². The van der Waals surface area contributed by atoms with Gasteiger partial charge in [-0.3, -0.25) is 9.48 Å². The van der Waals surface area contributed by atoms with E-state index in [-0.39, 0.29) is 24.1 Å². The summed E-state index contributed by atoms with van der Waals surface area (Å²) in [6.45, 7) is 3.18. The van der Waals surface area contributed by atoms with Gasteiger partial charge in [0.25, 0.3) is 5.92 Å². The second-order valence-corrected chi connectivity index (χ2v) is 5.79. The minimum atomic E-state index is -2.95. The van der Waals surface area contributed by atoms with E-state index in [1.54, 1.807) is 24.0 Å². The number of aromatic nitrogens is 4. The summed E-state index contributed by atoms with van der Waals surface area (Å²) in [5.74, 6) is -2.99. The van der Waals surface area contributed by atoms with Gasteiger partial charge in [-0.1, -0.05) is 0 Å². The summed E-state index contributed by atoms with van der Waals surface area (Å²) in [5.41, 5.74) is 0.976. The lowest BCUT2D eigenvalue weighted by Gasteiger charge is -2.21. The molecular weight excluding hydrogens is 308 g/mol. The molecule has 1 fully saturated rings. The van der Waals surface area contributed by atoms with E-state index in [1.165, 1.54) is 0 Å². The van der Waals surface area contributed by atoms with E-state index in [0.29, 0.717) is 6.54 Å². The number of amides is 1. The molecule has 1 amide bonds. The van der Waals surface area contributed by atoms with Crippen LogP contribution in [0.4, 0.5) is 8.78 Å². The molecule has 1 saturated heterocycles. The van der Waals surface area contributed by atoms with E-state index < -0.39 is 24.9 Å². The van der Waals surface area contributed by atoms with Gasteiger partial charge in [0.2, 0.25) is 17.7 Å². The molecule has 0 radical (unpaired) electrons. The van der Waals surface area contributed by atoms with Crippen LogP contribution in [0.3, 0.4) is 0 Å². The third-order valence-electron chi connectivity index (χ3n) is 3.73. The van der Waals surface area contributed by atoms with Crippen LogP contribution in [0.2, 0.25) is 0 Å². The molecule has 3 rings (SSSR count). The molecule has 9 heteroatoms. The van der Waals surface area contributed by atoms with Gasteiger partial charge in [-0.25, -0.2) is 8.78 Å². The maximum Gasteiger partial charge on any atom is 0.267 e. The van der Waals surface area contributed by atoms with E-state index in [2.05, 4.69) is 15.3 Å². The predicted molar refractivity (Wildman–Crippen MR) is 74.6 cm³/mol. The second-order valence-electron chi connectivity index (χ2n) is 5.79. The van der Waals surface area contributed by atoms with Crippen molar-refractivity contribution in [3.63, 3.8) is 0 Å². The zero-order valence-corrected chi connectivity index (χ0v) is 12.9. The molecule has 7 nitrogen and oxygen atoms in total. The molecule has 0 saturated carbocycles. The fraction of sp³-hybridized carbons (Fsp3) is 0.571. The lowest BCUT2D eigenvalue weighted by molar-refractivity contribution is -0.134. The number of likely N-dealkylation sites (tertiary alicyclic amines) is 1. The smallest absolute Gasteiger partial charge is 0.267 e. The number of carbonyl (C=O) groups is 1. The van der Waals surface area contributed by atoms with Gasteiger partial charge in [-0.05, 0) is 12.5 Å². The van der Waals surface area contributed by atoms with E-state index >= 15 is 0 Å². The van der Waals surface area contributed by atoms with Gasteiger partial charge < -0.3 is 9.32 Å². The third-order valence-corrected chi connectivity index (χ3v) is 3.73. The number of hydrogen-bond donors (Lipinski definition) is 0. The lowest BCUT2D eigenvalue weighted by Crippen LogP contribution is -2.33. The van der Waals surface area contributed by atoms with Crippen molar-refractivity contribution >= 4 is 5.91 Å². The van der Waals surface area contributed by atoms with Crippen LogP contribution in [-0.2, 0) is 11.3 Å². The molecular formula is C14H17F2N5O2. The largest absolute Gasteiger partial charge is 0.423 e. The van der Waals surface area contributed by atoms with Gasteiger partial charge in [0.05, 0.1) is 12.7 Å². The Hall–Kier alpha value is -2.32. The topological polar surface area (TPSA) is 77.1 Å². The standard InChI is InChI=1S/C14H17F2N5O2/c1-9-6-17-20(7-9)4-3-12(22)21-8-14(15,16)5-11(21)13-19-18-10(2)23-13/h6-7,11H,3-5,8H2,1-2H3/t11-/m0/s1. The van der Waals surface area contributed by atoms with Gasteiger partial charge in [-0.2, -0.15) is 5.10 Å². The molecule has 1 aliphatic rings. The van der Waals surface area contributed by atoms with Crippen LogP contribution in [0.1, 0.15) is 36.2 Å². The Morgan fingerprint density at radius 3 is 2.83 bits per heavy atom. The lowest BCUT2D eigenvalue weighted by atomic mass is 10.2. The van der Waals surface area contributed by atoms with Crippen LogP contribution in [0.5, 0.6) is 0 Å². The van der Waals surface area contributed by atoms with E-state index in [1.807, 2.05) is 6.92 Å². The third kappa shape index (κ3) is 3.38. The summed E-state index contributed by atoms with van der Waals surface area (Å²) < 4.78 is 34.4. The average molecular weight is 325 g/mol. The fourth-order valence-electron chi connectivity index (χ4n) is 2.69. The zero-order chi connectivity index (χ0) is 16.6. The molecule has 2 aromatic rings. The van der Waals surface area contributed by atoms with Crippen molar-refractivity contribution in [1.29, 1.82) is 0 Å². The summed E-state index contributed by atoms with van der Waals surface area (Å²) in [4.78, 5) is 13.5. The molecule has 0 aliphatic carbocycles. The number of hydrogen-bond acceptors (Lipinski definition) is 5. The van der Waals surface area contributed by atoms with Crippen LogP contribution < -0.4 is 0 Å². The molecule has 1 aliphatic heterocycles. The molecule has 0 aromatic carbocycles. The number of rotatable bonds is 4. The van der Waals surface area contributed by atoms with Gasteiger partial charge in [0.15, 0.2) is 0 Å². The monoisotopic (exact) mass is 325 g/mol. The van der Waals surface area contributed by atoms with Gasteiger partial charge >= 0.3 is 0 Å². The summed E-state index contributed by atoms with van der Waals surface area (Å²) in [6, 6.07) is -0.877. The maximum absolute atomic E-state index is 13.8. The van der Waals surface area contributed by atoms with E-state index in [0.717, 1.165) is 10.5 Å². The molecule has 0 spiro atoms. The molecule has 0 N–H and O–H groups in total. The summed E-state index contributed by atoms with van der Waals surface area (Å²) in [6.07, 6.45) is 3.06. The molecule has 1 atom stereocenters. The fourth-order valence-corrected chi connectivity index (χ4v) is 2.69. The normalized spacial score (nSPS) is 20.2. The van der Waals surface area contributed by atoms with Crippen molar-refractivity contribution in [2.24, 2.45) is 0 Å². The van der Waals surface area contributed by atoms with Crippen LogP contribution in [0, 0.1) is 13.8 Å². The zero-order valence-electron chi connectivity index (χ0n) is 12.9. The molecule has 3 heterocycles. The molecule has 2 aromatic heterocycles. The molecule has 0 bridgehead atoms. The van der Waals surface area contributed by atoms with Crippen molar-refractivity contribution in [1.82, 2.24) is 24.9 Å². The van der Waals surface area contributed by atoms with Gasteiger partial charge in [0.1, 0.15) is 6.04 Å². The Bertz CT molecular complexity index is 712. The maximum atomic E-state index is 13.8. The highest BCUT2D eigenvalue weighted by Gasteiger charge is 2.49. The van der Waals surface area contributed by atoms with Crippen molar-refractivity contribution in [2.45, 2.75) is 45.2 Å². The first-order chi connectivity index (χ1) is 10.8. The van der Waals surface area contributed by atoms with Crippen LogP contribution in [-0.4, -0.2) is 43.3 Å². The Labute approximate surface area is 131 Å². The SMILES string of the molecule is Cc1cnn(CCC(=O)N2CC(F)(F)C[C@H]2c2nnc(C)o2)c1. The first-order valence-corrected chi connectivity index (χ1v) is 7.30. The quantitative estimate of drug-likeness (QED) is 0.858. The van der Waals surface area contributed by atoms with Crippen molar-refractivity contribution in [2.75, 3.05) is 6.54 Å². The van der Waals surface area contributed by atoms with Gasteiger partial charge in [-0.15, -0.1) is 10.2 Å². The summed E-state index contributed by atoms with van der Waals surface area (Å²) in [7, 11) is 0. The number of alkyl halides is 2.